The number of nitrogens with zero attached hydrogens (tertiary/aromatic N) is 2. The Morgan fingerprint density at radius 3 is 3.05 bits per heavy atom. The third-order valence-corrected chi connectivity index (χ3v) is 3.03. The molecule has 0 aliphatic carbocycles. The van der Waals surface area contributed by atoms with E-state index in [0.717, 1.165) is 17.7 Å². The number of hydrogen-bond donors (Lipinski definition) is 1. The number of aryl methyl sites for hydroxylation is 2. The molecule has 22 heavy (non-hydrogen) atoms. The quantitative estimate of drug-likeness (QED) is 0.630. The molecule has 1 aromatic carbocycles. The molecule has 0 spiro atoms. The van der Waals surface area contributed by atoms with Crippen molar-refractivity contribution in [3.63, 3.8) is 0 Å². The molecule has 0 saturated carbocycles. The third-order valence-electron chi connectivity index (χ3n) is 3.03. The first kappa shape index (κ1) is 15.8. The van der Waals surface area contributed by atoms with E-state index in [1.165, 1.54) is 11.6 Å². The summed E-state index contributed by atoms with van der Waals surface area (Å²) in [6.45, 7) is 3.19. The van der Waals surface area contributed by atoms with Gasteiger partial charge in [-0.1, -0.05) is 12.1 Å². The summed E-state index contributed by atoms with van der Waals surface area (Å²) in [4.78, 5) is 11.6. The van der Waals surface area contributed by atoms with Crippen molar-refractivity contribution >= 4 is 12.0 Å². The standard InChI is InChI=1S/C17H21N3O2/c1-14-5-3-6-16(11-14)22-10-4-9-18-17(21)8-7-15-12-19-20(2)13-15/h3,5-8,11-13H,4,9-10H2,1-2H3,(H,18,21)/b8-7+. The first-order chi connectivity index (χ1) is 10.6. The molecule has 0 atom stereocenters. The Labute approximate surface area is 130 Å². The Morgan fingerprint density at radius 2 is 2.32 bits per heavy atom. The Morgan fingerprint density at radius 1 is 1.45 bits per heavy atom. The molecule has 1 aromatic heterocycles. The van der Waals surface area contributed by atoms with E-state index in [-0.39, 0.29) is 5.91 Å². The number of ether oxygens (including phenoxy) is 1. The predicted molar refractivity (Wildman–Crippen MR) is 86.5 cm³/mol. The second-order valence-electron chi connectivity index (χ2n) is 5.09. The van der Waals surface area contributed by atoms with Crippen LogP contribution < -0.4 is 10.1 Å². The van der Waals surface area contributed by atoms with Gasteiger partial charge in [-0.2, -0.15) is 5.10 Å². The summed E-state index contributed by atoms with van der Waals surface area (Å²) in [5, 5.41) is 6.86. The topological polar surface area (TPSA) is 56.1 Å². The molecule has 1 N–H and O–H groups in total. The molecule has 2 aromatic rings. The highest BCUT2D eigenvalue weighted by molar-refractivity contribution is 5.91. The lowest BCUT2D eigenvalue weighted by atomic mass is 10.2. The van der Waals surface area contributed by atoms with E-state index in [9.17, 15) is 4.79 Å². The fraction of sp³-hybridized carbons (Fsp3) is 0.294. The van der Waals surface area contributed by atoms with Gasteiger partial charge in [-0.3, -0.25) is 9.48 Å². The summed E-state index contributed by atoms with van der Waals surface area (Å²) in [5.74, 6) is 0.752. The normalized spacial score (nSPS) is 10.8. The van der Waals surface area contributed by atoms with E-state index < -0.39 is 0 Å². The number of carbonyl (C=O) groups is 1. The second kappa shape index (κ2) is 8.02. The second-order valence-corrected chi connectivity index (χ2v) is 5.09. The van der Waals surface area contributed by atoms with Crippen LogP contribution in [0.3, 0.4) is 0 Å². The van der Waals surface area contributed by atoms with E-state index in [0.29, 0.717) is 13.2 Å². The predicted octanol–water partition coefficient (Wildman–Crippen LogP) is 2.33. The van der Waals surface area contributed by atoms with Gasteiger partial charge in [0.05, 0.1) is 12.8 Å². The zero-order valence-corrected chi connectivity index (χ0v) is 13.0. The van der Waals surface area contributed by atoms with Crippen molar-refractivity contribution in [1.29, 1.82) is 0 Å². The average Bonchev–Trinajstić information content (AvgIpc) is 2.90. The summed E-state index contributed by atoms with van der Waals surface area (Å²) in [5.41, 5.74) is 2.08. The van der Waals surface area contributed by atoms with Gasteiger partial charge in [0.2, 0.25) is 5.91 Å². The fourth-order valence-electron chi connectivity index (χ4n) is 1.94. The molecule has 0 unspecified atom stereocenters. The van der Waals surface area contributed by atoms with Crippen molar-refractivity contribution in [3.8, 4) is 5.75 Å². The zero-order chi connectivity index (χ0) is 15.8. The van der Waals surface area contributed by atoms with E-state index in [4.69, 9.17) is 4.74 Å². The molecule has 2 rings (SSSR count). The van der Waals surface area contributed by atoms with Gasteiger partial charge in [0, 0.05) is 31.4 Å². The minimum absolute atomic E-state index is 0.112. The van der Waals surface area contributed by atoms with Crippen molar-refractivity contribution < 1.29 is 9.53 Å². The molecular weight excluding hydrogens is 278 g/mol. The van der Waals surface area contributed by atoms with Gasteiger partial charge < -0.3 is 10.1 Å². The Bertz CT molecular complexity index is 647. The van der Waals surface area contributed by atoms with Gasteiger partial charge in [-0.15, -0.1) is 0 Å². The van der Waals surface area contributed by atoms with Gasteiger partial charge in [0.25, 0.3) is 0 Å². The smallest absolute Gasteiger partial charge is 0.244 e. The van der Waals surface area contributed by atoms with Crippen LogP contribution in [0.15, 0.2) is 42.7 Å². The van der Waals surface area contributed by atoms with Crippen molar-refractivity contribution in [2.24, 2.45) is 7.05 Å². The van der Waals surface area contributed by atoms with Crippen LogP contribution in [0.25, 0.3) is 6.08 Å². The SMILES string of the molecule is Cc1cccc(OCCCNC(=O)/C=C/c2cnn(C)c2)c1. The first-order valence-corrected chi connectivity index (χ1v) is 7.27. The minimum Gasteiger partial charge on any atom is -0.494 e. The summed E-state index contributed by atoms with van der Waals surface area (Å²) >= 11 is 0. The maximum absolute atomic E-state index is 11.6. The van der Waals surface area contributed by atoms with E-state index in [1.807, 2.05) is 44.4 Å². The van der Waals surface area contributed by atoms with Crippen LogP contribution in [0, 0.1) is 6.92 Å². The molecule has 1 heterocycles. The maximum Gasteiger partial charge on any atom is 0.244 e. The van der Waals surface area contributed by atoms with E-state index in [1.54, 1.807) is 17.0 Å². The highest BCUT2D eigenvalue weighted by Crippen LogP contribution is 2.12. The average molecular weight is 299 g/mol. The van der Waals surface area contributed by atoms with Crippen LogP contribution in [0.4, 0.5) is 0 Å². The molecule has 0 radical (unpaired) electrons. The van der Waals surface area contributed by atoms with Gasteiger partial charge in [0.15, 0.2) is 0 Å². The molecule has 0 aliphatic rings. The number of hydrogen-bond acceptors (Lipinski definition) is 3. The van der Waals surface area contributed by atoms with Crippen LogP contribution in [-0.2, 0) is 11.8 Å². The van der Waals surface area contributed by atoms with E-state index in [2.05, 4.69) is 10.4 Å². The minimum atomic E-state index is -0.112. The summed E-state index contributed by atoms with van der Waals surface area (Å²) < 4.78 is 7.32. The number of nitrogens with one attached hydrogen (secondary N) is 1. The Hall–Kier alpha value is -2.56. The third kappa shape index (κ3) is 5.44. The fourth-order valence-corrected chi connectivity index (χ4v) is 1.94. The summed E-state index contributed by atoms with van der Waals surface area (Å²) in [6, 6.07) is 7.93. The van der Waals surface area contributed by atoms with Crippen LogP contribution in [-0.4, -0.2) is 28.8 Å². The zero-order valence-electron chi connectivity index (χ0n) is 13.0. The maximum atomic E-state index is 11.6. The molecular formula is C17H21N3O2. The van der Waals surface area contributed by atoms with Crippen molar-refractivity contribution in [2.45, 2.75) is 13.3 Å². The Balaban J connectivity index is 1.62. The van der Waals surface area contributed by atoms with Crippen molar-refractivity contribution in [3.05, 3.63) is 53.9 Å². The molecule has 0 saturated heterocycles. The van der Waals surface area contributed by atoms with Gasteiger partial charge in [0.1, 0.15) is 5.75 Å². The number of carbonyl (C=O) groups excluding carboxylic acids is 1. The highest BCUT2D eigenvalue weighted by Gasteiger charge is 1.97. The lowest BCUT2D eigenvalue weighted by Gasteiger charge is -2.07. The first-order valence-electron chi connectivity index (χ1n) is 7.27. The van der Waals surface area contributed by atoms with Crippen LogP contribution >= 0.6 is 0 Å². The van der Waals surface area contributed by atoms with Gasteiger partial charge >= 0.3 is 0 Å². The molecule has 0 bridgehead atoms. The van der Waals surface area contributed by atoms with Gasteiger partial charge in [-0.25, -0.2) is 0 Å². The number of benzene rings is 1. The molecule has 0 aliphatic heterocycles. The van der Waals surface area contributed by atoms with E-state index >= 15 is 0 Å². The Kier molecular flexibility index (Phi) is 5.77. The number of amides is 1. The molecule has 1 amide bonds. The van der Waals surface area contributed by atoms with Crippen molar-refractivity contribution in [2.75, 3.05) is 13.2 Å². The summed E-state index contributed by atoms with van der Waals surface area (Å²) in [6.07, 6.45) is 7.57. The van der Waals surface area contributed by atoms with Crippen molar-refractivity contribution in [1.82, 2.24) is 15.1 Å². The van der Waals surface area contributed by atoms with Crippen LogP contribution in [0.5, 0.6) is 5.75 Å². The largest absolute Gasteiger partial charge is 0.494 e. The number of rotatable bonds is 7. The lowest BCUT2D eigenvalue weighted by molar-refractivity contribution is -0.116. The molecule has 0 fully saturated rings. The molecule has 116 valence electrons. The van der Waals surface area contributed by atoms with Crippen LogP contribution in [0.2, 0.25) is 0 Å². The summed E-state index contributed by atoms with van der Waals surface area (Å²) in [7, 11) is 1.84. The number of aromatic nitrogens is 2. The molecule has 5 heteroatoms. The monoisotopic (exact) mass is 299 g/mol. The lowest BCUT2D eigenvalue weighted by Crippen LogP contribution is -2.23. The van der Waals surface area contributed by atoms with Crippen LogP contribution in [0.1, 0.15) is 17.5 Å². The molecule has 5 nitrogen and oxygen atoms in total. The highest BCUT2D eigenvalue weighted by atomic mass is 16.5. The van der Waals surface area contributed by atoms with Gasteiger partial charge in [-0.05, 0) is 37.1 Å².